The Morgan fingerprint density at radius 2 is 2.22 bits per heavy atom. The van der Waals surface area contributed by atoms with E-state index in [-0.39, 0.29) is 5.56 Å². The summed E-state index contributed by atoms with van der Waals surface area (Å²) in [5, 5.41) is 0. The minimum atomic E-state index is -1.65. The number of aromatic nitrogens is 1. The Hall–Kier alpha value is -0.950. The monoisotopic (exact) mass is 142 g/mol. The maximum atomic E-state index is 10.6. The van der Waals surface area contributed by atoms with Gasteiger partial charge in [0.15, 0.2) is 5.80 Å². The Morgan fingerprint density at radius 3 is 3.00 bits per heavy atom. The van der Waals surface area contributed by atoms with E-state index in [9.17, 15) is 9.36 Å². The molecule has 1 N–H and O–H groups in total. The summed E-state index contributed by atoms with van der Waals surface area (Å²) in [5.41, 5.74) is -0.305. The van der Waals surface area contributed by atoms with Crippen molar-refractivity contribution >= 4 is 7.57 Å². The summed E-state index contributed by atoms with van der Waals surface area (Å²) < 4.78 is 12.8. The van der Waals surface area contributed by atoms with Crippen molar-refractivity contribution < 1.29 is 4.57 Å². The molecule has 0 fully saturated rings. The molecule has 46 valence electrons. The molecular formula is C5H5NO2P+. The first-order chi connectivity index (χ1) is 4.29. The summed E-state index contributed by atoms with van der Waals surface area (Å²) in [6, 6.07) is 4.46. The van der Waals surface area contributed by atoms with Crippen LogP contribution in [0.25, 0.3) is 0 Å². The van der Waals surface area contributed by atoms with Gasteiger partial charge < -0.3 is 0 Å². The molecule has 0 saturated carbocycles. The van der Waals surface area contributed by atoms with Crippen molar-refractivity contribution in [1.29, 1.82) is 0 Å². The molecule has 1 unspecified atom stereocenters. The maximum absolute atomic E-state index is 10.6. The average molecular weight is 142 g/mol. The van der Waals surface area contributed by atoms with Gasteiger partial charge in [-0.1, -0.05) is 6.07 Å². The summed E-state index contributed by atoms with van der Waals surface area (Å²) in [6.07, 6.45) is 0. The highest BCUT2D eigenvalue weighted by atomic mass is 31.1. The molecular weight excluding hydrogens is 137 g/mol. The van der Waals surface area contributed by atoms with Crippen molar-refractivity contribution in [3.8, 4) is 0 Å². The van der Waals surface area contributed by atoms with Gasteiger partial charge in [0, 0.05) is 6.07 Å². The molecule has 0 spiro atoms. The molecule has 1 atom stereocenters. The van der Waals surface area contributed by atoms with Gasteiger partial charge in [0.25, 0.3) is 5.56 Å². The van der Waals surface area contributed by atoms with Crippen LogP contribution >= 0.6 is 7.57 Å². The second-order valence-corrected chi connectivity index (χ2v) is 2.68. The lowest BCUT2D eigenvalue weighted by Gasteiger charge is -1.53. The van der Waals surface area contributed by atoms with E-state index in [1.54, 1.807) is 12.1 Å². The predicted molar refractivity (Wildman–Crippen MR) is 34.7 cm³/mol. The first-order valence-corrected chi connectivity index (χ1v) is 3.74. The number of aromatic amines is 1. The van der Waals surface area contributed by atoms with Gasteiger partial charge in [-0.05, 0) is 10.6 Å². The molecule has 0 bridgehead atoms. The molecule has 1 aromatic rings. The Kier molecular flexibility index (Phi) is 1.75. The zero-order chi connectivity index (χ0) is 6.69. The summed E-state index contributed by atoms with van der Waals surface area (Å²) in [5.74, 6) is 1.44. The SMILES string of the molecule is O=c1cccc[p+](=O)[nH]1. The topological polar surface area (TPSA) is 49.9 Å². The van der Waals surface area contributed by atoms with Crippen molar-refractivity contribution in [2.45, 2.75) is 0 Å². The van der Waals surface area contributed by atoms with Crippen LogP contribution in [0.1, 0.15) is 0 Å². The van der Waals surface area contributed by atoms with Crippen LogP contribution in [0.3, 0.4) is 0 Å². The Balaban J connectivity index is 3.56. The van der Waals surface area contributed by atoms with Crippen molar-refractivity contribution in [2.24, 2.45) is 0 Å². The van der Waals surface area contributed by atoms with Crippen LogP contribution in [0.5, 0.6) is 0 Å². The third-order valence-electron chi connectivity index (χ3n) is 0.801. The molecule has 0 amide bonds. The molecule has 0 aliphatic heterocycles. The van der Waals surface area contributed by atoms with Gasteiger partial charge in [0.1, 0.15) is 0 Å². The standard InChI is InChI=1S/C5H4NO2P/c7-5-3-1-2-4-9(8)6-5/h1-4H/p+1. The Labute approximate surface area is 52.2 Å². The molecule has 4 heteroatoms. The van der Waals surface area contributed by atoms with E-state index in [1.165, 1.54) is 11.9 Å². The third kappa shape index (κ3) is 1.78. The minimum absolute atomic E-state index is 0.305. The summed E-state index contributed by atoms with van der Waals surface area (Å²) in [7, 11) is -1.65. The van der Waals surface area contributed by atoms with Crippen LogP contribution in [-0.2, 0) is 4.57 Å². The maximum Gasteiger partial charge on any atom is 0.494 e. The number of nitrogens with one attached hydrogen (secondary N) is 1. The predicted octanol–water partition coefficient (Wildman–Crippen LogP) is 1.12. The molecule has 3 nitrogen and oxygen atoms in total. The van der Waals surface area contributed by atoms with Crippen LogP contribution in [0.15, 0.2) is 28.8 Å². The van der Waals surface area contributed by atoms with Gasteiger partial charge in [-0.25, -0.2) is 0 Å². The van der Waals surface area contributed by atoms with E-state index in [1.807, 2.05) is 0 Å². The lowest BCUT2D eigenvalue weighted by atomic mass is 10.6. The molecule has 0 radical (unpaired) electrons. The molecule has 0 aromatic carbocycles. The lowest BCUT2D eigenvalue weighted by molar-refractivity contribution is 0.596. The molecule has 0 aliphatic carbocycles. The lowest BCUT2D eigenvalue weighted by Crippen LogP contribution is -1.94. The van der Waals surface area contributed by atoms with E-state index >= 15 is 0 Å². The van der Waals surface area contributed by atoms with E-state index in [0.717, 1.165) is 0 Å². The van der Waals surface area contributed by atoms with Crippen molar-refractivity contribution in [3.05, 3.63) is 34.4 Å². The first-order valence-electron chi connectivity index (χ1n) is 2.41. The normalized spacial score (nSPS) is 10.9. The number of rotatable bonds is 0. The summed E-state index contributed by atoms with van der Waals surface area (Å²) in [4.78, 5) is 10.5. The summed E-state index contributed by atoms with van der Waals surface area (Å²) >= 11 is 0. The molecule has 9 heavy (non-hydrogen) atoms. The van der Waals surface area contributed by atoms with Gasteiger partial charge in [0.05, 0.1) is 0 Å². The second kappa shape index (κ2) is 2.55. The summed E-state index contributed by atoms with van der Waals surface area (Å²) in [6.45, 7) is 0. The van der Waals surface area contributed by atoms with Gasteiger partial charge in [-0.2, -0.15) is 0 Å². The first kappa shape index (κ1) is 6.17. The van der Waals surface area contributed by atoms with Crippen molar-refractivity contribution in [1.82, 2.24) is 4.75 Å². The highest BCUT2D eigenvalue weighted by Gasteiger charge is 1.89. The van der Waals surface area contributed by atoms with Crippen LogP contribution < -0.4 is 5.56 Å². The molecule has 1 rings (SSSR count). The molecule has 1 heterocycles. The van der Waals surface area contributed by atoms with Gasteiger partial charge in [-0.15, -0.1) is 4.75 Å². The number of hydrogen-bond donors (Lipinski definition) is 1. The van der Waals surface area contributed by atoms with Crippen LogP contribution in [0.4, 0.5) is 0 Å². The van der Waals surface area contributed by atoms with E-state index in [4.69, 9.17) is 0 Å². The smallest absolute Gasteiger partial charge is 0.266 e. The number of H-pyrrole nitrogens is 1. The quantitative estimate of drug-likeness (QED) is 0.590. The highest BCUT2D eigenvalue weighted by Crippen LogP contribution is 1.98. The van der Waals surface area contributed by atoms with E-state index in [0.29, 0.717) is 0 Å². The van der Waals surface area contributed by atoms with Gasteiger partial charge >= 0.3 is 7.57 Å². The van der Waals surface area contributed by atoms with Gasteiger partial charge in [-0.3, -0.25) is 4.79 Å². The number of hydrogen-bond acceptors (Lipinski definition) is 2. The molecule has 0 saturated heterocycles. The van der Waals surface area contributed by atoms with E-state index in [2.05, 4.69) is 4.75 Å². The second-order valence-electron chi connectivity index (χ2n) is 1.50. The fraction of sp³-hybridized carbons (Fsp3) is 0. The Morgan fingerprint density at radius 1 is 1.44 bits per heavy atom. The zero-order valence-electron chi connectivity index (χ0n) is 4.57. The Bertz CT molecular complexity index is 276. The fourth-order valence-electron chi connectivity index (χ4n) is 0.454. The zero-order valence-corrected chi connectivity index (χ0v) is 5.47. The van der Waals surface area contributed by atoms with Gasteiger partial charge in [0.2, 0.25) is 0 Å². The minimum Gasteiger partial charge on any atom is -0.266 e. The molecule has 1 aromatic heterocycles. The van der Waals surface area contributed by atoms with Crippen LogP contribution in [0.2, 0.25) is 0 Å². The largest absolute Gasteiger partial charge is 0.494 e. The van der Waals surface area contributed by atoms with Crippen molar-refractivity contribution in [3.63, 3.8) is 0 Å². The molecule has 0 aliphatic rings. The average Bonchev–Trinajstić information content (AvgIpc) is 1.93. The fourth-order valence-corrected chi connectivity index (χ4v) is 1.08. The van der Waals surface area contributed by atoms with Crippen LogP contribution in [-0.4, -0.2) is 4.75 Å². The van der Waals surface area contributed by atoms with Crippen molar-refractivity contribution in [2.75, 3.05) is 0 Å². The third-order valence-corrected chi connectivity index (χ3v) is 1.68. The van der Waals surface area contributed by atoms with Crippen LogP contribution in [0, 0.1) is 0 Å². The highest BCUT2D eigenvalue weighted by molar-refractivity contribution is 7.31. The van der Waals surface area contributed by atoms with E-state index < -0.39 is 7.57 Å².